The lowest BCUT2D eigenvalue weighted by atomic mass is 10.2. The van der Waals surface area contributed by atoms with Gasteiger partial charge in [-0.3, -0.25) is 0 Å². The number of nitrogens with zero attached hydrogens (tertiary/aromatic N) is 1. The standard InChI is InChI=1S/C21H23N4O3P/c1-24-20(16-12-14-17(15-13-16)25-21(22)23)29(26,27-18-8-4-2-5-9-18)28-19-10-6-3-7-11-19/h2-15,20,24H,1H3,(H4,22,23,25). The van der Waals surface area contributed by atoms with E-state index in [4.69, 9.17) is 20.5 Å². The number of hydrogen-bond donors (Lipinski definition) is 3. The molecule has 0 fully saturated rings. The molecule has 0 aromatic heterocycles. The monoisotopic (exact) mass is 410 g/mol. The lowest BCUT2D eigenvalue weighted by Gasteiger charge is -2.27. The highest BCUT2D eigenvalue weighted by Crippen LogP contribution is 2.58. The summed E-state index contributed by atoms with van der Waals surface area (Å²) in [6.07, 6.45) is 0. The smallest absolute Gasteiger partial charge is 0.415 e. The van der Waals surface area contributed by atoms with E-state index >= 15 is 0 Å². The Kier molecular flexibility index (Phi) is 6.54. The molecule has 0 bridgehead atoms. The maximum absolute atomic E-state index is 14.0. The normalized spacial score (nSPS) is 12.0. The van der Waals surface area contributed by atoms with E-state index in [9.17, 15) is 4.57 Å². The van der Waals surface area contributed by atoms with Crippen molar-refractivity contribution >= 4 is 19.2 Å². The summed E-state index contributed by atoms with van der Waals surface area (Å²) in [4.78, 5) is 4.00. The second-order valence-electron chi connectivity index (χ2n) is 6.17. The number of rotatable bonds is 8. The Labute approximate surface area is 169 Å². The zero-order valence-electron chi connectivity index (χ0n) is 15.9. The van der Waals surface area contributed by atoms with Gasteiger partial charge >= 0.3 is 7.60 Å². The Morgan fingerprint density at radius 3 is 1.76 bits per heavy atom. The molecule has 0 heterocycles. The molecule has 0 amide bonds. The van der Waals surface area contributed by atoms with Crippen molar-refractivity contribution in [2.24, 2.45) is 16.5 Å². The van der Waals surface area contributed by atoms with Crippen LogP contribution in [0.2, 0.25) is 0 Å². The zero-order chi connectivity index (χ0) is 20.7. The molecule has 0 aliphatic carbocycles. The molecule has 0 aliphatic rings. The largest absolute Gasteiger partial charge is 0.452 e. The van der Waals surface area contributed by atoms with Gasteiger partial charge in [0.05, 0.1) is 5.69 Å². The first kappa shape index (κ1) is 20.5. The highest BCUT2D eigenvalue weighted by atomic mass is 31.2. The van der Waals surface area contributed by atoms with E-state index in [-0.39, 0.29) is 5.96 Å². The van der Waals surface area contributed by atoms with Gasteiger partial charge in [0, 0.05) is 0 Å². The van der Waals surface area contributed by atoms with Gasteiger partial charge in [-0.1, -0.05) is 48.5 Å². The van der Waals surface area contributed by atoms with Crippen LogP contribution in [0, 0.1) is 0 Å². The van der Waals surface area contributed by atoms with Crippen molar-refractivity contribution < 1.29 is 13.6 Å². The van der Waals surface area contributed by atoms with Gasteiger partial charge in [-0.25, -0.2) is 9.56 Å². The van der Waals surface area contributed by atoms with Crippen LogP contribution in [0.1, 0.15) is 11.3 Å². The van der Waals surface area contributed by atoms with Crippen LogP contribution in [0.4, 0.5) is 5.69 Å². The van der Waals surface area contributed by atoms with Crippen molar-refractivity contribution in [1.29, 1.82) is 0 Å². The Bertz CT molecular complexity index is 946. The maximum Gasteiger partial charge on any atom is 0.452 e. The summed E-state index contributed by atoms with van der Waals surface area (Å²) >= 11 is 0. The molecular formula is C21H23N4O3P. The SMILES string of the molecule is CNC(c1ccc(N=C(N)N)cc1)P(=O)(Oc1ccccc1)Oc1ccccc1. The Hall–Kier alpha value is -3.28. The topological polar surface area (TPSA) is 112 Å². The number of benzene rings is 3. The Balaban J connectivity index is 1.98. The minimum Gasteiger partial charge on any atom is -0.415 e. The average Bonchev–Trinajstić information content (AvgIpc) is 2.71. The van der Waals surface area contributed by atoms with Crippen LogP contribution < -0.4 is 25.8 Å². The Morgan fingerprint density at radius 1 is 0.862 bits per heavy atom. The predicted molar refractivity (Wildman–Crippen MR) is 115 cm³/mol. The van der Waals surface area contributed by atoms with Gasteiger partial charge in [0.15, 0.2) is 11.7 Å². The van der Waals surface area contributed by atoms with E-state index < -0.39 is 13.4 Å². The lowest BCUT2D eigenvalue weighted by Crippen LogP contribution is -2.22. The predicted octanol–water partition coefficient (Wildman–Crippen LogP) is 4.16. The van der Waals surface area contributed by atoms with Gasteiger partial charge in [-0.15, -0.1) is 0 Å². The van der Waals surface area contributed by atoms with Gasteiger partial charge in [-0.05, 0) is 49.0 Å². The number of aliphatic imine (C=N–C) groups is 1. The van der Waals surface area contributed by atoms with Crippen LogP contribution in [0.3, 0.4) is 0 Å². The molecule has 3 rings (SSSR count). The van der Waals surface area contributed by atoms with E-state index in [1.807, 2.05) is 12.1 Å². The van der Waals surface area contributed by atoms with Gasteiger partial charge in [0.1, 0.15) is 11.5 Å². The summed E-state index contributed by atoms with van der Waals surface area (Å²) in [5, 5.41) is 3.06. The van der Waals surface area contributed by atoms with Crippen LogP contribution >= 0.6 is 7.60 Å². The van der Waals surface area contributed by atoms with Crippen molar-refractivity contribution in [2.75, 3.05) is 7.05 Å². The molecule has 0 spiro atoms. The van der Waals surface area contributed by atoms with E-state index in [1.165, 1.54) is 0 Å². The zero-order valence-corrected chi connectivity index (χ0v) is 16.8. The molecule has 0 aliphatic heterocycles. The van der Waals surface area contributed by atoms with Crippen LogP contribution in [0.15, 0.2) is 89.9 Å². The summed E-state index contributed by atoms with van der Waals surface area (Å²) in [5.41, 5.74) is 12.1. The molecule has 3 aromatic carbocycles. The fourth-order valence-electron chi connectivity index (χ4n) is 2.77. The van der Waals surface area contributed by atoms with Crippen LogP contribution in [0.25, 0.3) is 0 Å². The molecule has 5 N–H and O–H groups in total. The second-order valence-corrected chi connectivity index (χ2v) is 8.13. The minimum absolute atomic E-state index is 0.0339. The highest BCUT2D eigenvalue weighted by molar-refractivity contribution is 7.55. The molecule has 3 aromatic rings. The van der Waals surface area contributed by atoms with Crippen molar-refractivity contribution in [3.63, 3.8) is 0 Å². The van der Waals surface area contributed by atoms with Crippen molar-refractivity contribution in [3.8, 4) is 11.5 Å². The number of guanidine groups is 1. The fourth-order valence-corrected chi connectivity index (χ4v) is 4.70. The summed E-state index contributed by atoms with van der Waals surface area (Å²) in [7, 11) is -2.04. The van der Waals surface area contributed by atoms with E-state index in [2.05, 4.69) is 10.3 Å². The van der Waals surface area contributed by atoms with Gasteiger partial charge in [-0.2, -0.15) is 0 Å². The van der Waals surface area contributed by atoms with Crippen LogP contribution in [-0.2, 0) is 4.57 Å². The van der Waals surface area contributed by atoms with Gasteiger partial charge in [0.2, 0.25) is 0 Å². The van der Waals surface area contributed by atoms with E-state index in [0.717, 1.165) is 0 Å². The third kappa shape index (κ3) is 5.38. The molecule has 7 nitrogen and oxygen atoms in total. The molecule has 0 saturated heterocycles. The molecule has 150 valence electrons. The summed E-state index contributed by atoms with van der Waals surface area (Å²) in [6, 6.07) is 24.9. The van der Waals surface area contributed by atoms with Crippen molar-refractivity contribution in [2.45, 2.75) is 5.78 Å². The number of nitrogens with two attached hydrogens (primary N) is 2. The maximum atomic E-state index is 14.0. The molecule has 1 unspecified atom stereocenters. The molecule has 1 atom stereocenters. The quantitative estimate of drug-likeness (QED) is 0.292. The lowest BCUT2D eigenvalue weighted by molar-refractivity contribution is 0.365. The molecule has 29 heavy (non-hydrogen) atoms. The number of hydrogen-bond acceptors (Lipinski definition) is 5. The first-order chi connectivity index (χ1) is 14.0. The summed E-state index contributed by atoms with van der Waals surface area (Å²) < 4.78 is 25.8. The minimum atomic E-state index is -3.73. The fraction of sp³-hybridized carbons (Fsp3) is 0.0952. The summed E-state index contributed by atoms with van der Waals surface area (Å²) in [6.45, 7) is 0. The molecule has 8 heteroatoms. The number of para-hydroxylation sites is 2. The van der Waals surface area contributed by atoms with Gasteiger partial charge in [0.25, 0.3) is 0 Å². The molecular weight excluding hydrogens is 387 g/mol. The Morgan fingerprint density at radius 2 is 1.34 bits per heavy atom. The average molecular weight is 410 g/mol. The third-order valence-corrected chi connectivity index (χ3v) is 6.13. The summed E-state index contributed by atoms with van der Waals surface area (Å²) in [5.74, 6) is 0.137. The number of nitrogens with one attached hydrogen (secondary N) is 1. The first-order valence-electron chi connectivity index (χ1n) is 8.96. The van der Waals surface area contributed by atoms with Crippen LogP contribution in [-0.4, -0.2) is 13.0 Å². The van der Waals surface area contributed by atoms with E-state index in [1.54, 1.807) is 79.8 Å². The van der Waals surface area contributed by atoms with Crippen LogP contribution in [0.5, 0.6) is 11.5 Å². The van der Waals surface area contributed by atoms with Crippen molar-refractivity contribution in [3.05, 3.63) is 90.5 Å². The highest BCUT2D eigenvalue weighted by Gasteiger charge is 2.39. The van der Waals surface area contributed by atoms with Crippen molar-refractivity contribution in [1.82, 2.24) is 5.32 Å². The third-order valence-electron chi connectivity index (χ3n) is 4.01. The molecule has 0 saturated carbocycles. The molecule has 0 radical (unpaired) electrons. The van der Waals surface area contributed by atoms with E-state index in [0.29, 0.717) is 22.7 Å². The first-order valence-corrected chi connectivity index (χ1v) is 10.6. The second kappa shape index (κ2) is 9.28. The van der Waals surface area contributed by atoms with Gasteiger partial charge < -0.3 is 25.8 Å².